The number of nitrogens with zero attached hydrogens (tertiary/aromatic N) is 1. The van der Waals surface area contributed by atoms with Gasteiger partial charge in [0.2, 0.25) is 5.91 Å². The summed E-state index contributed by atoms with van der Waals surface area (Å²) in [7, 11) is 1.50. The molecule has 0 saturated heterocycles. The number of H-pyrrole nitrogens is 1. The second-order valence-electron chi connectivity index (χ2n) is 6.32. The molecule has 0 unspecified atom stereocenters. The maximum atomic E-state index is 12.3. The third-order valence-corrected chi connectivity index (χ3v) is 3.65. The van der Waals surface area contributed by atoms with Gasteiger partial charge in [0, 0.05) is 24.7 Å². The molecule has 23 heavy (non-hydrogen) atoms. The van der Waals surface area contributed by atoms with E-state index in [-0.39, 0.29) is 18.1 Å². The SMILES string of the molecule is COCC(=O)N(Cc1cc2ccc(C)cc2[nH]c1=O)CC(C)C. The molecule has 0 atom stereocenters. The van der Waals surface area contributed by atoms with Crippen molar-refractivity contribution in [2.45, 2.75) is 27.3 Å². The number of hydrogen-bond acceptors (Lipinski definition) is 3. The normalized spacial score (nSPS) is 11.2. The molecule has 0 radical (unpaired) electrons. The molecule has 0 saturated carbocycles. The van der Waals surface area contributed by atoms with Crippen LogP contribution in [0, 0.1) is 12.8 Å². The third-order valence-electron chi connectivity index (χ3n) is 3.65. The first kappa shape index (κ1) is 17.2. The number of nitrogens with one attached hydrogen (secondary N) is 1. The van der Waals surface area contributed by atoms with E-state index >= 15 is 0 Å². The molecule has 0 aliphatic rings. The molecule has 2 aromatic rings. The van der Waals surface area contributed by atoms with Crippen LogP contribution in [0.4, 0.5) is 0 Å². The summed E-state index contributed by atoms with van der Waals surface area (Å²) in [6.07, 6.45) is 0. The predicted molar refractivity (Wildman–Crippen MR) is 91.4 cm³/mol. The first-order valence-electron chi connectivity index (χ1n) is 7.80. The van der Waals surface area contributed by atoms with E-state index in [1.165, 1.54) is 7.11 Å². The lowest BCUT2D eigenvalue weighted by atomic mass is 10.1. The Kier molecular flexibility index (Phi) is 5.55. The smallest absolute Gasteiger partial charge is 0.253 e. The number of aromatic amines is 1. The summed E-state index contributed by atoms with van der Waals surface area (Å²) in [5.41, 5.74) is 2.35. The highest BCUT2D eigenvalue weighted by Crippen LogP contribution is 2.14. The summed E-state index contributed by atoms with van der Waals surface area (Å²) in [5, 5.41) is 0.967. The summed E-state index contributed by atoms with van der Waals surface area (Å²) in [6, 6.07) is 7.80. The van der Waals surface area contributed by atoms with Crippen LogP contribution in [0.3, 0.4) is 0 Å². The number of carbonyl (C=O) groups excluding carboxylic acids is 1. The molecule has 1 aromatic carbocycles. The van der Waals surface area contributed by atoms with Crippen molar-refractivity contribution in [1.82, 2.24) is 9.88 Å². The van der Waals surface area contributed by atoms with Crippen LogP contribution in [0.15, 0.2) is 29.1 Å². The fraction of sp³-hybridized carbons (Fsp3) is 0.444. The molecule has 5 nitrogen and oxygen atoms in total. The van der Waals surface area contributed by atoms with Gasteiger partial charge >= 0.3 is 0 Å². The molecule has 1 amide bonds. The van der Waals surface area contributed by atoms with Crippen molar-refractivity contribution in [3.05, 3.63) is 45.7 Å². The maximum absolute atomic E-state index is 12.3. The largest absolute Gasteiger partial charge is 0.375 e. The Labute approximate surface area is 136 Å². The van der Waals surface area contributed by atoms with Gasteiger partial charge in [-0.3, -0.25) is 9.59 Å². The lowest BCUT2D eigenvalue weighted by Crippen LogP contribution is -2.37. The summed E-state index contributed by atoms with van der Waals surface area (Å²) < 4.78 is 4.94. The number of rotatable bonds is 6. The van der Waals surface area contributed by atoms with Crippen LogP contribution < -0.4 is 5.56 Å². The molecular weight excluding hydrogens is 292 g/mol. The number of carbonyl (C=O) groups is 1. The quantitative estimate of drug-likeness (QED) is 0.890. The van der Waals surface area contributed by atoms with Gasteiger partial charge in [-0.2, -0.15) is 0 Å². The number of hydrogen-bond donors (Lipinski definition) is 1. The van der Waals surface area contributed by atoms with Crippen molar-refractivity contribution < 1.29 is 9.53 Å². The highest BCUT2D eigenvalue weighted by Gasteiger charge is 2.17. The monoisotopic (exact) mass is 316 g/mol. The zero-order valence-electron chi connectivity index (χ0n) is 14.2. The number of ether oxygens (including phenoxy) is 1. The second kappa shape index (κ2) is 7.42. The Morgan fingerprint density at radius 1 is 1.30 bits per heavy atom. The van der Waals surface area contributed by atoms with E-state index in [9.17, 15) is 9.59 Å². The lowest BCUT2D eigenvalue weighted by molar-refractivity contribution is -0.136. The molecule has 0 spiro atoms. The number of pyridine rings is 1. The number of fused-ring (bicyclic) bond motifs is 1. The zero-order chi connectivity index (χ0) is 17.0. The average Bonchev–Trinajstić information content (AvgIpc) is 2.47. The van der Waals surface area contributed by atoms with Gasteiger partial charge in [-0.25, -0.2) is 0 Å². The molecule has 5 heteroatoms. The van der Waals surface area contributed by atoms with Gasteiger partial charge in [0.1, 0.15) is 6.61 Å². The van der Waals surface area contributed by atoms with Crippen LogP contribution in [0.5, 0.6) is 0 Å². The minimum absolute atomic E-state index is 0.0252. The van der Waals surface area contributed by atoms with Crippen molar-refractivity contribution in [2.75, 3.05) is 20.3 Å². The zero-order valence-corrected chi connectivity index (χ0v) is 14.2. The van der Waals surface area contributed by atoms with Crippen molar-refractivity contribution in [3.8, 4) is 0 Å². The Balaban J connectivity index is 2.33. The summed E-state index contributed by atoms with van der Waals surface area (Å²) in [6.45, 7) is 6.98. The van der Waals surface area contributed by atoms with E-state index < -0.39 is 0 Å². The van der Waals surface area contributed by atoms with E-state index in [0.29, 0.717) is 24.6 Å². The van der Waals surface area contributed by atoms with Crippen molar-refractivity contribution in [2.24, 2.45) is 5.92 Å². The van der Waals surface area contributed by atoms with E-state index in [1.807, 2.05) is 45.0 Å². The molecule has 1 heterocycles. The van der Waals surface area contributed by atoms with Gasteiger partial charge in [0.05, 0.1) is 6.54 Å². The Hall–Kier alpha value is -2.14. The average molecular weight is 316 g/mol. The van der Waals surface area contributed by atoms with Gasteiger partial charge in [-0.05, 0) is 35.9 Å². The summed E-state index contributed by atoms with van der Waals surface area (Å²) in [4.78, 5) is 29.1. The minimum Gasteiger partial charge on any atom is -0.375 e. The number of methoxy groups -OCH3 is 1. The Morgan fingerprint density at radius 2 is 2.04 bits per heavy atom. The van der Waals surface area contributed by atoms with Gasteiger partial charge in [0.25, 0.3) is 5.56 Å². The highest BCUT2D eigenvalue weighted by atomic mass is 16.5. The van der Waals surface area contributed by atoms with Crippen LogP contribution in [-0.2, 0) is 16.1 Å². The standard InChI is InChI=1S/C18H24N2O3/c1-12(2)9-20(17(21)11-23-4)10-15-8-14-6-5-13(3)7-16(14)19-18(15)22/h5-8,12H,9-11H2,1-4H3,(H,19,22). The second-order valence-corrected chi connectivity index (χ2v) is 6.32. The highest BCUT2D eigenvalue weighted by molar-refractivity contribution is 5.80. The molecule has 0 aliphatic heterocycles. The topological polar surface area (TPSA) is 62.4 Å². The Morgan fingerprint density at radius 3 is 2.70 bits per heavy atom. The van der Waals surface area contributed by atoms with E-state index in [2.05, 4.69) is 4.98 Å². The fourth-order valence-electron chi connectivity index (χ4n) is 2.59. The van der Waals surface area contributed by atoms with Crippen LogP contribution >= 0.6 is 0 Å². The third kappa shape index (κ3) is 4.42. The van der Waals surface area contributed by atoms with Crippen molar-refractivity contribution in [1.29, 1.82) is 0 Å². The molecule has 1 N–H and O–H groups in total. The van der Waals surface area contributed by atoms with Gasteiger partial charge in [0.15, 0.2) is 0 Å². The van der Waals surface area contributed by atoms with Gasteiger partial charge in [-0.1, -0.05) is 26.0 Å². The van der Waals surface area contributed by atoms with Crippen LogP contribution in [0.25, 0.3) is 10.9 Å². The minimum atomic E-state index is -0.151. The summed E-state index contributed by atoms with van der Waals surface area (Å²) >= 11 is 0. The first-order chi connectivity index (χ1) is 10.9. The van der Waals surface area contributed by atoms with E-state index in [1.54, 1.807) is 4.90 Å². The molecule has 124 valence electrons. The maximum Gasteiger partial charge on any atom is 0.253 e. The molecule has 2 rings (SSSR count). The number of aryl methyl sites for hydroxylation is 1. The van der Waals surface area contributed by atoms with E-state index in [4.69, 9.17) is 4.74 Å². The number of amides is 1. The van der Waals surface area contributed by atoms with Crippen molar-refractivity contribution >= 4 is 16.8 Å². The Bertz CT molecular complexity index is 750. The molecule has 1 aromatic heterocycles. The van der Waals surface area contributed by atoms with Gasteiger partial charge in [-0.15, -0.1) is 0 Å². The molecule has 0 bridgehead atoms. The van der Waals surface area contributed by atoms with Crippen molar-refractivity contribution in [3.63, 3.8) is 0 Å². The predicted octanol–water partition coefficient (Wildman–Crippen LogP) is 2.47. The van der Waals surface area contributed by atoms with Crippen LogP contribution in [0.2, 0.25) is 0 Å². The number of aromatic nitrogens is 1. The molecular formula is C18H24N2O3. The molecule has 0 aliphatic carbocycles. The van der Waals surface area contributed by atoms with Crippen LogP contribution in [-0.4, -0.2) is 36.1 Å². The number of benzene rings is 1. The van der Waals surface area contributed by atoms with E-state index in [0.717, 1.165) is 16.5 Å². The fourth-order valence-corrected chi connectivity index (χ4v) is 2.59. The summed E-state index contributed by atoms with van der Waals surface area (Å²) in [5.74, 6) is 0.211. The van der Waals surface area contributed by atoms with Crippen LogP contribution in [0.1, 0.15) is 25.0 Å². The van der Waals surface area contributed by atoms with Gasteiger partial charge < -0.3 is 14.6 Å². The lowest BCUT2D eigenvalue weighted by Gasteiger charge is -2.24. The molecule has 0 fully saturated rings. The first-order valence-corrected chi connectivity index (χ1v) is 7.80.